The molecule has 4 nitrogen and oxygen atoms in total. The van der Waals surface area contributed by atoms with Gasteiger partial charge >= 0.3 is 0 Å². The predicted molar refractivity (Wildman–Crippen MR) is 83.8 cm³/mol. The van der Waals surface area contributed by atoms with E-state index in [9.17, 15) is 0 Å². The molecule has 20 heavy (non-hydrogen) atoms. The van der Waals surface area contributed by atoms with Gasteiger partial charge in [-0.2, -0.15) is 5.10 Å². The van der Waals surface area contributed by atoms with Gasteiger partial charge in [-0.1, -0.05) is 20.8 Å². The lowest BCUT2D eigenvalue weighted by Gasteiger charge is -2.34. The van der Waals surface area contributed by atoms with Crippen molar-refractivity contribution in [3.8, 4) is 0 Å². The zero-order chi connectivity index (χ0) is 14.5. The van der Waals surface area contributed by atoms with Crippen LogP contribution in [0, 0.1) is 5.92 Å². The van der Waals surface area contributed by atoms with Crippen molar-refractivity contribution in [2.75, 3.05) is 11.9 Å². The van der Waals surface area contributed by atoms with Gasteiger partial charge < -0.3 is 10.2 Å². The molecule has 0 aliphatic heterocycles. The Hall–Kier alpha value is -1.16. The Balaban J connectivity index is 1.91. The number of hydrogen-bond acceptors (Lipinski definition) is 4. The van der Waals surface area contributed by atoms with Crippen molar-refractivity contribution in [3.63, 3.8) is 0 Å². The van der Waals surface area contributed by atoms with Gasteiger partial charge in [-0.3, -0.25) is 0 Å². The van der Waals surface area contributed by atoms with Crippen LogP contribution in [0.1, 0.15) is 52.1 Å². The normalized spacial score (nSPS) is 23.1. The van der Waals surface area contributed by atoms with Crippen LogP contribution >= 0.6 is 0 Å². The van der Waals surface area contributed by atoms with Gasteiger partial charge in [-0.15, -0.1) is 5.10 Å². The topological polar surface area (TPSA) is 41.0 Å². The van der Waals surface area contributed by atoms with Crippen molar-refractivity contribution in [2.24, 2.45) is 5.92 Å². The molecule has 1 aliphatic carbocycles. The zero-order valence-corrected chi connectivity index (χ0v) is 13.3. The average Bonchev–Trinajstić information content (AvgIpc) is 2.46. The highest BCUT2D eigenvalue weighted by Crippen LogP contribution is 2.28. The maximum atomic E-state index is 4.39. The summed E-state index contributed by atoms with van der Waals surface area (Å²) in [7, 11) is 2.15. The monoisotopic (exact) mass is 276 g/mol. The first-order chi connectivity index (χ1) is 9.56. The summed E-state index contributed by atoms with van der Waals surface area (Å²) in [5.41, 5.74) is 1.01. The summed E-state index contributed by atoms with van der Waals surface area (Å²) in [4.78, 5) is 2.30. The molecule has 1 aromatic rings. The van der Waals surface area contributed by atoms with E-state index < -0.39 is 0 Å². The molecule has 2 rings (SSSR count). The molecule has 1 N–H and O–H groups in total. The van der Waals surface area contributed by atoms with Gasteiger partial charge in [0.15, 0.2) is 5.82 Å². The van der Waals surface area contributed by atoms with Crippen LogP contribution in [-0.2, 0) is 6.54 Å². The first kappa shape index (κ1) is 15.2. The Morgan fingerprint density at radius 2 is 1.90 bits per heavy atom. The van der Waals surface area contributed by atoms with Gasteiger partial charge in [0.2, 0.25) is 0 Å². The third-order valence-corrected chi connectivity index (χ3v) is 4.29. The maximum Gasteiger partial charge on any atom is 0.151 e. The Morgan fingerprint density at radius 3 is 2.45 bits per heavy atom. The molecule has 4 heteroatoms. The molecule has 0 aromatic carbocycles. The molecule has 0 amide bonds. The van der Waals surface area contributed by atoms with Gasteiger partial charge in [0, 0.05) is 25.7 Å². The van der Waals surface area contributed by atoms with Gasteiger partial charge in [0.25, 0.3) is 0 Å². The average molecular weight is 276 g/mol. The summed E-state index contributed by atoms with van der Waals surface area (Å²) in [5.74, 6) is 1.88. The molecule has 112 valence electrons. The van der Waals surface area contributed by atoms with Crippen LogP contribution in [0.5, 0.6) is 0 Å². The molecule has 0 spiro atoms. The molecule has 1 fully saturated rings. The van der Waals surface area contributed by atoms with Crippen molar-refractivity contribution in [2.45, 2.75) is 65.1 Å². The smallest absolute Gasteiger partial charge is 0.151 e. The second kappa shape index (κ2) is 7.02. The Bertz CT molecular complexity index is 393. The third-order valence-electron chi connectivity index (χ3n) is 4.29. The molecular formula is C16H28N4. The lowest BCUT2D eigenvalue weighted by molar-refractivity contribution is 0.339. The molecular weight excluding hydrogens is 248 g/mol. The second-order valence-corrected chi connectivity index (χ2v) is 6.44. The van der Waals surface area contributed by atoms with Crippen LogP contribution in [0.4, 0.5) is 5.82 Å². The van der Waals surface area contributed by atoms with Crippen molar-refractivity contribution in [3.05, 3.63) is 17.8 Å². The van der Waals surface area contributed by atoms with Gasteiger partial charge in [-0.05, 0) is 43.7 Å². The highest BCUT2D eigenvalue weighted by Gasteiger charge is 2.22. The van der Waals surface area contributed by atoms with E-state index in [0.717, 1.165) is 24.0 Å². The largest absolute Gasteiger partial charge is 0.355 e. The zero-order valence-electron chi connectivity index (χ0n) is 13.3. The second-order valence-electron chi connectivity index (χ2n) is 6.44. The minimum atomic E-state index is 0.475. The fraction of sp³-hybridized carbons (Fsp3) is 0.750. The van der Waals surface area contributed by atoms with E-state index in [2.05, 4.69) is 60.4 Å². The molecule has 0 atom stereocenters. The maximum absolute atomic E-state index is 4.39. The third kappa shape index (κ3) is 4.17. The van der Waals surface area contributed by atoms with E-state index in [1.165, 1.54) is 25.7 Å². The van der Waals surface area contributed by atoms with Crippen LogP contribution < -0.4 is 10.2 Å². The van der Waals surface area contributed by atoms with Crippen molar-refractivity contribution < 1.29 is 0 Å². The van der Waals surface area contributed by atoms with Gasteiger partial charge in [0.1, 0.15) is 0 Å². The standard InChI is InChI=1S/C16H28N4/c1-12(2)17-11-14-7-10-16(19-18-14)20(4)15-8-5-13(3)6-9-15/h7,10,12-13,15,17H,5-6,8-9,11H2,1-4H3. The summed E-state index contributed by atoms with van der Waals surface area (Å²) >= 11 is 0. The van der Waals surface area contributed by atoms with Crippen LogP contribution in [0.3, 0.4) is 0 Å². The summed E-state index contributed by atoms with van der Waals surface area (Å²) < 4.78 is 0. The number of aromatic nitrogens is 2. The van der Waals surface area contributed by atoms with E-state index in [-0.39, 0.29) is 0 Å². The lowest BCUT2D eigenvalue weighted by atomic mass is 9.87. The summed E-state index contributed by atoms with van der Waals surface area (Å²) in [5, 5.41) is 12.1. The fourth-order valence-corrected chi connectivity index (χ4v) is 2.76. The van der Waals surface area contributed by atoms with Crippen LogP contribution in [0.2, 0.25) is 0 Å². The first-order valence-electron chi connectivity index (χ1n) is 7.85. The highest BCUT2D eigenvalue weighted by molar-refractivity contribution is 5.37. The van der Waals surface area contributed by atoms with Crippen LogP contribution in [-0.4, -0.2) is 29.3 Å². The molecule has 0 saturated heterocycles. The number of anilines is 1. The minimum absolute atomic E-state index is 0.475. The van der Waals surface area contributed by atoms with Crippen molar-refractivity contribution in [1.29, 1.82) is 0 Å². The quantitative estimate of drug-likeness (QED) is 0.897. The summed E-state index contributed by atoms with van der Waals surface area (Å²) in [6, 6.07) is 5.28. The molecule has 1 aliphatic rings. The van der Waals surface area contributed by atoms with Crippen molar-refractivity contribution in [1.82, 2.24) is 15.5 Å². The minimum Gasteiger partial charge on any atom is -0.355 e. The van der Waals surface area contributed by atoms with E-state index in [1.54, 1.807) is 0 Å². The van der Waals surface area contributed by atoms with E-state index >= 15 is 0 Å². The molecule has 0 bridgehead atoms. The molecule has 1 aromatic heterocycles. The molecule has 1 saturated carbocycles. The number of rotatable bonds is 5. The first-order valence-corrected chi connectivity index (χ1v) is 7.85. The molecule has 0 radical (unpaired) electrons. The van der Waals surface area contributed by atoms with Crippen LogP contribution in [0.25, 0.3) is 0 Å². The molecule has 0 unspecified atom stereocenters. The number of nitrogens with one attached hydrogen (secondary N) is 1. The van der Waals surface area contributed by atoms with Crippen LogP contribution in [0.15, 0.2) is 12.1 Å². The van der Waals surface area contributed by atoms with E-state index in [1.807, 2.05) is 0 Å². The predicted octanol–water partition coefficient (Wildman–Crippen LogP) is 2.99. The Labute approximate surface area is 123 Å². The van der Waals surface area contributed by atoms with Gasteiger partial charge in [-0.25, -0.2) is 0 Å². The fourth-order valence-electron chi connectivity index (χ4n) is 2.76. The Morgan fingerprint density at radius 1 is 1.20 bits per heavy atom. The lowest BCUT2D eigenvalue weighted by Crippen LogP contribution is -2.35. The highest BCUT2D eigenvalue weighted by atomic mass is 15.3. The SMILES string of the molecule is CC1CCC(N(C)c2ccc(CNC(C)C)nn2)CC1. The number of hydrogen-bond donors (Lipinski definition) is 1. The van der Waals surface area contributed by atoms with Gasteiger partial charge in [0.05, 0.1) is 5.69 Å². The number of nitrogens with zero attached hydrogens (tertiary/aromatic N) is 3. The van der Waals surface area contributed by atoms with E-state index in [0.29, 0.717) is 12.1 Å². The summed E-state index contributed by atoms with van der Waals surface area (Å²) in [6.45, 7) is 7.42. The Kier molecular flexibility index (Phi) is 5.35. The van der Waals surface area contributed by atoms with E-state index in [4.69, 9.17) is 0 Å². The summed E-state index contributed by atoms with van der Waals surface area (Å²) in [6.07, 6.45) is 5.21. The van der Waals surface area contributed by atoms with Crippen molar-refractivity contribution >= 4 is 5.82 Å². The molecule has 1 heterocycles.